The minimum absolute atomic E-state index is 0.0608. The van der Waals surface area contributed by atoms with Crippen LogP contribution in [0.3, 0.4) is 0 Å². The Balaban J connectivity index is 1.35. The fourth-order valence-corrected chi connectivity index (χ4v) is 7.07. The van der Waals surface area contributed by atoms with Crippen LogP contribution in [0.4, 0.5) is 0 Å². The first-order valence-corrected chi connectivity index (χ1v) is 18.7. The van der Waals surface area contributed by atoms with E-state index in [9.17, 15) is 45.9 Å². The molecule has 4 N–H and O–H groups in total. The molecule has 0 radical (unpaired) electrons. The van der Waals surface area contributed by atoms with Gasteiger partial charge in [0, 0.05) is 14.7 Å². The van der Waals surface area contributed by atoms with Crippen molar-refractivity contribution < 1.29 is 68.0 Å². The van der Waals surface area contributed by atoms with Crippen LogP contribution in [0, 0.1) is 0 Å². The maximum absolute atomic E-state index is 13.7. The molecule has 2 heterocycles. The Morgan fingerprint density at radius 1 is 0.590 bits per heavy atom. The van der Waals surface area contributed by atoms with Gasteiger partial charge in [-0.05, 0) is 59.4 Å². The lowest BCUT2D eigenvalue weighted by atomic mass is 9.84. The van der Waals surface area contributed by atoms with Crippen LogP contribution >= 0.6 is 0 Å². The van der Waals surface area contributed by atoms with E-state index in [1.165, 1.54) is 36.4 Å². The number of benzene rings is 3. The lowest BCUT2D eigenvalue weighted by Gasteiger charge is -2.46. The summed E-state index contributed by atoms with van der Waals surface area (Å²) < 4.78 is 41.6. The van der Waals surface area contributed by atoms with Crippen LogP contribution in [0.2, 0.25) is 0 Å². The van der Waals surface area contributed by atoms with Gasteiger partial charge >= 0.3 is 17.9 Å². The molecule has 0 aromatic heterocycles. The van der Waals surface area contributed by atoms with Gasteiger partial charge in [-0.25, -0.2) is 14.4 Å². The first-order chi connectivity index (χ1) is 29.6. The van der Waals surface area contributed by atoms with E-state index < -0.39 is 117 Å². The quantitative estimate of drug-likeness (QED) is 0.0562. The van der Waals surface area contributed by atoms with Gasteiger partial charge in [0.2, 0.25) is 0 Å². The Morgan fingerprint density at radius 2 is 1.08 bits per heavy atom. The zero-order valence-corrected chi connectivity index (χ0v) is 31.8. The highest BCUT2D eigenvalue weighted by Crippen LogP contribution is 2.37. The number of azide groups is 3. The number of hydrogen-bond donors (Lipinski definition) is 4. The lowest BCUT2D eigenvalue weighted by Crippen LogP contribution is -2.63. The van der Waals surface area contributed by atoms with Crippen LogP contribution in [-0.2, 0) is 33.2 Å². The third kappa shape index (κ3) is 10.4. The predicted octanol–water partition coefficient (Wildman–Crippen LogP) is 3.03. The number of hydrogen-bond acceptors (Lipinski definition) is 17. The number of aliphatic hydroxyl groups is 4. The summed E-state index contributed by atoms with van der Waals surface area (Å²) in [6.07, 6.45) is -19.1. The van der Waals surface area contributed by atoms with E-state index >= 15 is 0 Å². The molecule has 2 saturated heterocycles. The summed E-state index contributed by atoms with van der Waals surface area (Å²) in [6, 6.07) is 19.1. The molecule has 23 heteroatoms. The van der Waals surface area contributed by atoms with Crippen LogP contribution in [0.5, 0.6) is 0 Å². The SMILES string of the molecule is [N-]=[N+]=NC1[C@H](O[C@H]2C(N=[N+]=[N-])C[C@@H](N=[N+]=[N-])C(O)[C@H]2O)OC(CO)[C@H](O)[C@@H]1O[C@@H]1O[C@H](COC(=O)c2ccccc2)[C@H](OC(=O)c2ccccc2)C1OC(=O)c1ccccc1. The second-order valence-corrected chi connectivity index (χ2v) is 13.9. The van der Waals surface area contributed by atoms with E-state index in [0.29, 0.717) is 0 Å². The number of ether oxygens (including phenoxy) is 7. The molecule has 6 rings (SSSR count). The zero-order valence-electron chi connectivity index (χ0n) is 31.8. The first-order valence-electron chi connectivity index (χ1n) is 18.7. The lowest BCUT2D eigenvalue weighted by molar-refractivity contribution is -0.317. The number of nitrogens with zero attached hydrogens (tertiary/aromatic N) is 9. The maximum atomic E-state index is 13.7. The number of esters is 3. The van der Waals surface area contributed by atoms with Gasteiger partial charge in [-0.2, -0.15) is 0 Å². The Kier molecular flexibility index (Phi) is 15.1. The number of carbonyl (C=O) groups excluding carboxylic acids is 3. The Labute approximate surface area is 345 Å². The molecule has 3 aromatic rings. The van der Waals surface area contributed by atoms with Gasteiger partial charge in [-0.1, -0.05) is 69.9 Å². The topological polar surface area (TPSA) is 343 Å². The monoisotopic (exact) mass is 845 g/mol. The third-order valence-corrected chi connectivity index (χ3v) is 10.1. The number of carbonyl (C=O) groups is 3. The third-order valence-electron chi connectivity index (χ3n) is 10.1. The van der Waals surface area contributed by atoms with E-state index in [2.05, 4.69) is 30.1 Å². The van der Waals surface area contributed by atoms with Gasteiger partial charge in [0.15, 0.2) is 24.8 Å². The molecule has 2 aliphatic heterocycles. The van der Waals surface area contributed by atoms with Crippen molar-refractivity contribution in [2.75, 3.05) is 13.2 Å². The van der Waals surface area contributed by atoms with Crippen molar-refractivity contribution in [3.8, 4) is 0 Å². The number of rotatable bonds is 15. The van der Waals surface area contributed by atoms with Gasteiger partial charge in [-0.15, -0.1) is 0 Å². The van der Waals surface area contributed by atoms with Crippen molar-refractivity contribution in [2.45, 2.75) is 92.1 Å². The molecule has 320 valence electrons. The molecule has 1 saturated carbocycles. The average molecular weight is 846 g/mol. The summed E-state index contributed by atoms with van der Waals surface area (Å²) in [4.78, 5) is 48.5. The van der Waals surface area contributed by atoms with Gasteiger partial charge in [-0.3, -0.25) is 0 Å². The summed E-state index contributed by atoms with van der Waals surface area (Å²) in [5, 5.41) is 54.4. The van der Waals surface area contributed by atoms with Gasteiger partial charge in [0.1, 0.15) is 43.2 Å². The van der Waals surface area contributed by atoms with Gasteiger partial charge < -0.3 is 53.6 Å². The number of aliphatic hydroxyl groups excluding tert-OH is 4. The molecule has 1 aliphatic carbocycles. The highest BCUT2D eigenvalue weighted by atomic mass is 16.8. The highest BCUT2D eigenvalue weighted by molar-refractivity contribution is 5.91. The molecule has 0 bridgehead atoms. The van der Waals surface area contributed by atoms with E-state index in [-0.39, 0.29) is 23.1 Å². The normalized spacial score (nSPS) is 31.9. The van der Waals surface area contributed by atoms with Crippen LogP contribution in [0.15, 0.2) is 106 Å². The first kappa shape index (κ1) is 44.2. The van der Waals surface area contributed by atoms with Crippen LogP contribution in [-0.4, -0.2) is 137 Å². The molecular formula is C38H39N9O14. The molecule has 3 aromatic carbocycles. The second-order valence-electron chi connectivity index (χ2n) is 13.9. The second kappa shape index (κ2) is 20.8. The molecule has 3 fully saturated rings. The van der Waals surface area contributed by atoms with Crippen molar-refractivity contribution in [3.63, 3.8) is 0 Å². The van der Waals surface area contributed by atoms with Gasteiger partial charge in [0.25, 0.3) is 0 Å². The summed E-state index contributed by atoms with van der Waals surface area (Å²) in [5.41, 5.74) is 28.3. The summed E-state index contributed by atoms with van der Waals surface area (Å²) in [7, 11) is 0. The smallest absolute Gasteiger partial charge is 0.338 e. The van der Waals surface area contributed by atoms with E-state index in [0.717, 1.165) is 0 Å². The average Bonchev–Trinajstić information content (AvgIpc) is 3.59. The van der Waals surface area contributed by atoms with Gasteiger partial charge in [0.05, 0.1) is 47.6 Å². The maximum Gasteiger partial charge on any atom is 0.338 e. The highest BCUT2D eigenvalue weighted by Gasteiger charge is 2.56. The minimum atomic E-state index is -1.88. The molecule has 0 spiro atoms. The van der Waals surface area contributed by atoms with Crippen molar-refractivity contribution in [2.24, 2.45) is 15.3 Å². The molecule has 5 unspecified atom stereocenters. The minimum Gasteiger partial charge on any atom is -0.459 e. The van der Waals surface area contributed by atoms with Crippen LogP contribution in [0.1, 0.15) is 37.5 Å². The fourth-order valence-electron chi connectivity index (χ4n) is 7.07. The Hall–Kier alpha value is -6.32. The van der Waals surface area contributed by atoms with Crippen molar-refractivity contribution >= 4 is 17.9 Å². The van der Waals surface area contributed by atoms with Crippen molar-refractivity contribution in [3.05, 3.63) is 139 Å². The molecular weight excluding hydrogens is 806 g/mol. The Bertz CT molecular complexity index is 2130. The molecule has 3 aliphatic rings. The predicted molar refractivity (Wildman–Crippen MR) is 204 cm³/mol. The van der Waals surface area contributed by atoms with E-state index in [1.807, 2.05) is 0 Å². The van der Waals surface area contributed by atoms with E-state index in [4.69, 9.17) is 38.7 Å². The van der Waals surface area contributed by atoms with Crippen molar-refractivity contribution in [1.82, 2.24) is 0 Å². The molecule has 0 amide bonds. The standard InChI is InChI=1S/C38H39N9O14/c39-45-42-22-16-23(43-46-40)30(29(51)27(22)49)60-37-26(44-47-41)32(28(50)24(17-48)56-37)61-38-33(59-36(54)21-14-8-3-9-15-21)31(58-35(53)20-12-6-2-7-13-20)25(57-38)18-55-34(52)19-10-4-1-5-11-19/h1-15,22-33,37-38,48-51H,16-18H2/t22-,23?,24?,25-,26?,27?,28+,29-,30+,31+,32-,33?,37+,38+/m1/s1. The van der Waals surface area contributed by atoms with Crippen LogP contribution < -0.4 is 0 Å². The largest absolute Gasteiger partial charge is 0.459 e. The summed E-state index contributed by atoms with van der Waals surface area (Å²) in [5.74, 6) is -2.62. The zero-order chi connectivity index (χ0) is 43.5. The van der Waals surface area contributed by atoms with E-state index in [1.54, 1.807) is 54.6 Å². The molecule has 23 nitrogen and oxygen atoms in total. The summed E-state index contributed by atoms with van der Waals surface area (Å²) >= 11 is 0. The van der Waals surface area contributed by atoms with Crippen LogP contribution in [0.25, 0.3) is 31.3 Å². The Morgan fingerprint density at radius 3 is 1.62 bits per heavy atom. The molecule has 61 heavy (non-hydrogen) atoms. The fraction of sp³-hybridized carbons (Fsp3) is 0.447. The van der Waals surface area contributed by atoms with Crippen molar-refractivity contribution in [1.29, 1.82) is 0 Å². The molecule has 14 atom stereocenters. The summed E-state index contributed by atoms with van der Waals surface area (Å²) in [6.45, 7) is -1.49.